The van der Waals surface area contributed by atoms with E-state index in [0.717, 1.165) is 39.4 Å². The molecule has 0 aliphatic carbocycles. The first-order chi connectivity index (χ1) is 17.7. The van der Waals surface area contributed by atoms with E-state index >= 15 is 0 Å². The molecule has 1 aliphatic rings. The minimum absolute atomic E-state index is 0.00796. The molecule has 0 spiro atoms. The van der Waals surface area contributed by atoms with Gasteiger partial charge in [0, 0.05) is 17.5 Å². The van der Waals surface area contributed by atoms with E-state index < -0.39 is 18.2 Å². The summed E-state index contributed by atoms with van der Waals surface area (Å²) in [7, 11) is 0. The molecule has 3 aromatic rings. The van der Waals surface area contributed by atoms with Crippen molar-refractivity contribution in [3.63, 3.8) is 0 Å². The minimum Gasteiger partial charge on any atom is -0.489 e. The number of esters is 1. The third-order valence-electron chi connectivity index (χ3n) is 6.42. The van der Waals surface area contributed by atoms with Crippen molar-refractivity contribution in [1.82, 2.24) is 4.98 Å². The van der Waals surface area contributed by atoms with E-state index in [9.17, 15) is 14.3 Å². The average molecular weight is 504 g/mol. The number of aromatic nitrogens is 1. The van der Waals surface area contributed by atoms with E-state index in [-0.39, 0.29) is 30.7 Å². The van der Waals surface area contributed by atoms with Crippen LogP contribution >= 0.6 is 0 Å². The molecule has 0 amide bonds. The van der Waals surface area contributed by atoms with E-state index in [1.54, 1.807) is 12.1 Å². The third-order valence-corrected chi connectivity index (χ3v) is 6.42. The highest BCUT2D eigenvalue weighted by molar-refractivity contribution is 5.80. The van der Waals surface area contributed by atoms with Gasteiger partial charge in [0.25, 0.3) is 0 Å². The van der Waals surface area contributed by atoms with Crippen molar-refractivity contribution in [3.8, 4) is 16.9 Å². The maximum atomic E-state index is 13.9. The summed E-state index contributed by atoms with van der Waals surface area (Å²) in [6.45, 7) is 8.66. The fourth-order valence-corrected chi connectivity index (χ4v) is 4.66. The first-order valence-electron chi connectivity index (χ1n) is 12.8. The van der Waals surface area contributed by atoms with Crippen LogP contribution < -0.4 is 4.74 Å². The number of nitrogens with zero attached hydrogens (tertiary/aromatic N) is 1. The molecule has 194 valence electrons. The molecule has 0 radical (unpaired) electrons. The van der Waals surface area contributed by atoms with Gasteiger partial charge in [0.1, 0.15) is 24.3 Å². The van der Waals surface area contributed by atoms with E-state index in [1.807, 2.05) is 42.5 Å². The Hall–Kier alpha value is -3.51. The molecule has 4 rings (SSSR count). The van der Waals surface area contributed by atoms with Crippen LogP contribution in [0.2, 0.25) is 0 Å². The van der Waals surface area contributed by atoms with E-state index in [2.05, 4.69) is 27.7 Å². The molecule has 2 heterocycles. The lowest BCUT2D eigenvalue weighted by Crippen LogP contribution is -2.31. The fraction of sp³-hybridized carbons (Fsp3) is 0.355. The lowest BCUT2D eigenvalue weighted by molar-refractivity contribution is -0.156. The lowest BCUT2D eigenvalue weighted by atomic mass is 9.87. The zero-order valence-electron chi connectivity index (χ0n) is 21.8. The third kappa shape index (κ3) is 6.44. The molecular weight excluding hydrogens is 469 g/mol. The molecule has 1 N–H and O–H groups in total. The van der Waals surface area contributed by atoms with Gasteiger partial charge in [-0.2, -0.15) is 0 Å². The van der Waals surface area contributed by atoms with Crippen LogP contribution in [-0.4, -0.2) is 28.3 Å². The monoisotopic (exact) mass is 503 g/mol. The van der Waals surface area contributed by atoms with E-state index in [4.69, 9.17) is 14.5 Å². The summed E-state index contributed by atoms with van der Waals surface area (Å²) < 4.78 is 25.6. The number of halogens is 1. The Kier molecular flexibility index (Phi) is 8.39. The lowest BCUT2D eigenvalue weighted by Gasteiger charge is -2.25. The molecule has 0 saturated carbocycles. The molecule has 2 aromatic carbocycles. The van der Waals surface area contributed by atoms with E-state index in [0.29, 0.717) is 6.42 Å². The van der Waals surface area contributed by atoms with Crippen LogP contribution in [0.25, 0.3) is 17.2 Å². The van der Waals surface area contributed by atoms with Crippen molar-refractivity contribution >= 4 is 12.0 Å². The van der Waals surface area contributed by atoms with Crippen molar-refractivity contribution in [2.45, 2.75) is 71.2 Å². The van der Waals surface area contributed by atoms with Gasteiger partial charge in [-0.3, -0.25) is 9.78 Å². The number of carbonyl (C=O) groups excluding carboxylic acids is 1. The summed E-state index contributed by atoms with van der Waals surface area (Å²) in [6, 6.07) is 16.1. The Balaban J connectivity index is 1.90. The maximum Gasteiger partial charge on any atom is 0.309 e. The quantitative estimate of drug-likeness (QED) is 0.343. The van der Waals surface area contributed by atoms with Gasteiger partial charge in [-0.15, -0.1) is 0 Å². The Morgan fingerprint density at radius 3 is 2.35 bits per heavy atom. The van der Waals surface area contributed by atoms with Crippen LogP contribution in [-0.2, 0) is 16.1 Å². The Labute approximate surface area is 218 Å². The number of cyclic esters (lactones) is 1. The molecule has 5 nitrogen and oxygen atoms in total. The zero-order valence-corrected chi connectivity index (χ0v) is 21.8. The van der Waals surface area contributed by atoms with Crippen LogP contribution in [0.15, 0.2) is 60.7 Å². The molecule has 0 bridgehead atoms. The number of hydrogen-bond acceptors (Lipinski definition) is 5. The van der Waals surface area contributed by atoms with Crippen LogP contribution in [0.1, 0.15) is 74.9 Å². The number of carbonyl (C=O) groups is 1. The normalized spacial score (nSPS) is 18.0. The standard InChI is InChI=1S/C31H34FNO4/c1-19(2)30-26(15-14-25-16-23(34)17-28(35)37-25)29(21-10-12-22(32)13-11-21)27(31(33-30)20(3)4)18-36-24-8-6-5-7-9-24/h5-15,19-20,23,25,34H,16-18H2,1-4H3/b15-14+. The van der Waals surface area contributed by atoms with Gasteiger partial charge in [0.15, 0.2) is 0 Å². The first kappa shape index (κ1) is 26.6. The fourth-order valence-electron chi connectivity index (χ4n) is 4.66. The highest BCUT2D eigenvalue weighted by Crippen LogP contribution is 2.38. The predicted molar refractivity (Wildman–Crippen MR) is 143 cm³/mol. The molecule has 1 fully saturated rings. The number of ether oxygens (including phenoxy) is 2. The van der Waals surface area contributed by atoms with Crippen LogP contribution in [0.5, 0.6) is 5.75 Å². The van der Waals surface area contributed by atoms with Crippen LogP contribution in [0.3, 0.4) is 0 Å². The minimum atomic E-state index is -0.728. The summed E-state index contributed by atoms with van der Waals surface area (Å²) >= 11 is 0. The second kappa shape index (κ2) is 11.7. The number of pyridine rings is 1. The molecule has 1 saturated heterocycles. The largest absolute Gasteiger partial charge is 0.489 e. The molecule has 1 aromatic heterocycles. The molecule has 6 heteroatoms. The number of para-hydroxylation sites is 1. The van der Waals surface area contributed by atoms with Crippen LogP contribution in [0, 0.1) is 5.82 Å². The maximum absolute atomic E-state index is 13.9. The number of hydrogen-bond donors (Lipinski definition) is 1. The molecular formula is C31H34FNO4. The molecule has 2 unspecified atom stereocenters. The topological polar surface area (TPSA) is 68.7 Å². The van der Waals surface area contributed by atoms with Gasteiger partial charge < -0.3 is 14.6 Å². The van der Waals surface area contributed by atoms with Gasteiger partial charge in [0.2, 0.25) is 0 Å². The Morgan fingerprint density at radius 2 is 1.73 bits per heavy atom. The van der Waals surface area contributed by atoms with Crippen molar-refractivity contribution in [2.75, 3.05) is 0 Å². The summed E-state index contributed by atoms with van der Waals surface area (Å²) in [6.07, 6.45) is 2.82. The second-order valence-electron chi connectivity index (χ2n) is 10.0. The van der Waals surface area contributed by atoms with Crippen molar-refractivity contribution < 1.29 is 23.8 Å². The van der Waals surface area contributed by atoms with Gasteiger partial charge in [0.05, 0.1) is 23.9 Å². The summed E-state index contributed by atoms with van der Waals surface area (Å²) in [5, 5.41) is 10.1. The Bertz CT molecular complexity index is 1250. The second-order valence-corrected chi connectivity index (χ2v) is 10.0. The SMILES string of the molecule is CC(C)c1nc(C(C)C)c(COc2ccccc2)c(-c2ccc(F)cc2)c1/C=C/C1CC(O)CC(=O)O1. The van der Waals surface area contributed by atoms with Crippen LogP contribution in [0.4, 0.5) is 4.39 Å². The number of aliphatic hydroxyl groups excluding tert-OH is 1. The first-order valence-corrected chi connectivity index (χ1v) is 12.8. The summed E-state index contributed by atoms with van der Waals surface area (Å²) in [5.41, 5.74) is 5.38. The number of aliphatic hydroxyl groups is 1. The van der Waals surface area contributed by atoms with E-state index in [1.165, 1.54) is 12.1 Å². The smallest absolute Gasteiger partial charge is 0.309 e. The molecule has 2 atom stereocenters. The van der Waals surface area contributed by atoms with Gasteiger partial charge >= 0.3 is 5.97 Å². The number of benzene rings is 2. The molecule has 37 heavy (non-hydrogen) atoms. The summed E-state index contributed by atoms with van der Waals surface area (Å²) in [5.74, 6) is 0.239. The van der Waals surface area contributed by atoms with Crippen molar-refractivity contribution in [2.24, 2.45) is 0 Å². The highest BCUT2D eigenvalue weighted by Gasteiger charge is 2.27. The van der Waals surface area contributed by atoms with Gasteiger partial charge in [-0.25, -0.2) is 4.39 Å². The average Bonchev–Trinajstić information content (AvgIpc) is 2.86. The summed E-state index contributed by atoms with van der Waals surface area (Å²) in [4.78, 5) is 17.0. The molecule has 1 aliphatic heterocycles. The van der Waals surface area contributed by atoms with Gasteiger partial charge in [-0.05, 0) is 53.3 Å². The Morgan fingerprint density at radius 1 is 1.05 bits per heavy atom. The van der Waals surface area contributed by atoms with Gasteiger partial charge in [-0.1, -0.05) is 64.1 Å². The zero-order chi connectivity index (χ0) is 26.5. The highest BCUT2D eigenvalue weighted by atomic mass is 19.1. The van der Waals surface area contributed by atoms with Crippen molar-refractivity contribution in [3.05, 3.63) is 89.0 Å². The number of rotatable bonds is 8. The predicted octanol–water partition coefficient (Wildman–Crippen LogP) is 6.79. The van der Waals surface area contributed by atoms with Crippen molar-refractivity contribution in [1.29, 1.82) is 0 Å².